The lowest BCUT2D eigenvalue weighted by Gasteiger charge is -2.33. The van der Waals surface area contributed by atoms with Gasteiger partial charge in [-0.15, -0.1) is 0 Å². The predicted octanol–water partition coefficient (Wildman–Crippen LogP) is 2.53. The summed E-state index contributed by atoms with van der Waals surface area (Å²) in [7, 11) is 1.43. The average molecular weight is 346 g/mol. The summed E-state index contributed by atoms with van der Waals surface area (Å²) in [5.74, 6) is -0.818. The standard InChI is InChI=1S/C18H18O7/c1-3-24-18-16(22)15-12(21)7-10(19)8-14(15)25-17(18)9-4-5-13(23-2)11(20)6-9/h4-8,17-21H,3H2,1-2H3/t17-,18+/m0/s1. The van der Waals surface area contributed by atoms with Crippen LogP contribution in [0.25, 0.3) is 0 Å². The van der Waals surface area contributed by atoms with E-state index in [1.807, 2.05) is 0 Å². The Morgan fingerprint density at radius 3 is 2.52 bits per heavy atom. The highest BCUT2D eigenvalue weighted by atomic mass is 16.5. The molecule has 0 unspecified atom stereocenters. The van der Waals surface area contributed by atoms with Crippen LogP contribution in [0.4, 0.5) is 0 Å². The van der Waals surface area contributed by atoms with E-state index in [2.05, 4.69) is 0 Å². The molecule has 7 heteroatoms. The molecule has 0 bridgehead atoms. The largest absolute Gasteiger partial charge is 0.508 e. The molecule has 25 heavy (non-hydrogen) atoms. The summed E-state index contributed by atoms with van der Waals surface area (Å²) < 4.78 is 16.4. The topological polar surface area (TPSA) is 105 Å². The van der Waals surface area contributed by atoms with Crippen molar-refractivity contribution in [1.82, 2.24) is 0 Å². The minimum atomic E-state index is -0.999. The van der Waals surface area contributed by atoms with Gasteiger partial charge in [0.25, 0.3) is 0 Å². The molecule has 2 aromatic carbocycles. The molecule has 3 N–H and O–H groups in total. The van der Waals surface area contributed by atoms with E-state index >= 15 is 0 Å². The van der Waals surface area contributed by atoms with Crippen LogP contribution in [-0.2, 0) is 4.74 Å². The van der Waals surface area contributed by atoms with Crippen molar-refractivity contribution in [3.05, 3.63) is 41.5 Å². The Morgan fingerprint density at radius 1 is 1.12 bits per heavy atom. The Morgan fingerprint density at radius 2 is 1.88 bits per heavy atom. The number of hydrogen-bond donors (Lipinski definition) is 3. The number of hydrogen-bond acceptors (Lipinski definition) is 7. The van der Waals surface area contributed by atoms with Crippen LogP contribution in [0.1, 0.15) is 28.9 Å². The summed E-state index contributed by atoms with van der Waals surface area (Å²) in [6, 6.07) is 6.96. The summed E-state index contributed by atoms with van der Waals surface area (Å²) in [6.45, 7) is 1.99. The van der Waals surface area contributed by atoms with Crippen molar-refractivity contribution in [2.75, 3.05) is 13.7 Å². The minimum absolute atomic E-state index is 0.0368. The zero-order valence-corrected chi connectivity index (χ0v) is 13.7. The first-order chi connectivity index (χ1) is 12.0. The number of methoxy groups -OCH3 is 1. The summed E-state index contributed by atoms with van der Waals surface area (Å²) in [5, 5.41) is 29.6. The molecule has 0 radical (unpaired) electrons. The van der Waals surface area contributed by atoms with Gasteiger partial charge in [0.2, 0.25) is 5.78 Å². The highest BCUT2D eigenvalue weighted by Gasteiger charge is 2.41. The van der Waals surface area contributed by atoms with Crippen LogP contribution in [0.3, 0.4) is 0 Å². The Bertz CT molecular complexity index is 815. The maximum Gasteiger partial charge on any atom is 0.203 e. The number of phenolic OH excluding ortho intramolecular Hbond substituents is 3. The molecule has 132 valence electrons. The van der Waals surface area contributed by atoms with Gasteiger partial charge in [0.05, 0.1) is 7.11 Å². The fraction of sp³-hybridized carbons (Fsp3) is 0.278. The second-order valence-corrected chi connectivity index (χ2v) is 5.55. The van der Waals surface area contributed by atoms with Crippen molar-refractivity contribution in [3.63, 3.8) is 0 Å². The van der Waals surface area contributed by atoms with Crippen LogP contribution in [0.5, 0.6) is 28.7 Å². The average Bonchev–Trinajstić information content (AvgIpc) is 2.56. The van der Waals surface area contributed by atoms with Crippen LogP contribution < -0.4 is 9.47 Å². The van der Waals surface area contributed by atoms with E-state index in [1.165, 1.54) is 19.2 Å². The Labute approximate surface area is 144 Å². The van der Waals surface area contributed by atoms with E-state index in [1.54, 1.807) is 19.1 Å². The van der Waals surface area contributed by atoms with Gasteiger partial charge >= 0.3 is 0 Å². The summed E-state index contributed by atoms with van der Waals surface area (Å²) >= 11 is 0. The summed E-state index contributed by atoms with van der Waals surface area (Å²) in [4.78, 5) is 12.8. The maximum atomic E-state index is 12.8. The van der Waals surface area contributed by atoms with Gasteiger partial charge in [0, 0.05) is 18.7 Å². The first kappa shape index (κ1) is 16.9. The Balaban J connectivity index is 2.08. The molecule has 0 aliphatic carbocycles. The van der Waals surface area contributed by atoms with Crippen molar-refractivity contribution in [3.8, 4) is 28.7 Å². The second-order valence-electron chi connectivity index (χ2n) is 5.55. The fourth-order valence-corrected chi connectivity index (χ4v) is 2.88. The molecule has 0 spiro atoms. The lowest BCUT2D eigenvalue weighted by Crippen LogP contribution is -2.38. The lowest BCUT2D eigenvalue weighted by molar-refractivity contribution is -0.0179. The first-order valence-electron chi connectivity index (χ1n) is 7.71. The minimum Gasteiger partial charge on any atom is -0.508 e. The molecular weight excluding hydrogens is 328 g/mol. The monoisotopic (exact) mass is 346 g/mol. The Hall–Kier alpha value is -2.93. The summed E-state index contributed by atoms with van der Waals surface area (Å²) in [5.41, 5.74) is 0.462. The van der Waals surface area contributed by atoms with Gasteiger partial charge in [0.15, 0.2) is 23.7 Å². The van der Waals surface area contributed by atoms with Crippen molar-refractivity contribution in [2.45, 2.75) is 19.1 Å². The van der Waals surface area contributed by atoms with Gasteiger partial charge in [-0.25, -0.2) is 0 Å². The molecular formula is C18H18O7. The SMILES string of the molecule is CCO[C@@H]1C(=O)c2c(O)cc(O)cc2O[C@H]1c1ccc(OC)c(O)c1. The summed E-state index contributed by atoms with van der Waals surface area (Å²) in [6.07, 6.45) is -1.85. The number of benzene rings is 2. The third kappa shape index (κ3) is 2.94. The van der Waals surface area contributed by atoms with Gasteiger partial charge in [-0.05, 0) is 24.6 Å². The number of aromatic hydroxyl groups is 3. The number of rotatable bonds is 4. The first-order valence-corrected chi connectivity index (χ1v) is 7.71. The van der Waals surface area contributed by atoms with Gasteiger partial charge in [-0.1, -0.05) is 6.07 Å². The fourth-order valence-electron chi connectivity index (χ4n) is 2.88. The molecule has 1 aliphatic heterocycles. The molecule has 1 aliphatic rings. The number of Topliss-reactive ketones (excluding diaryl/α,β-unsaturated/α-hetero) is 1. The molecule has 0 saturated carbocycles. The van der Waals surface area contributed by atoms with E-state index in [9.17, 15) is 20.1 Å². The molecule has 7 nitrogen and oxygen atoms in total. The second kappa shape index (κ2) is 6.52. The highest BCUT2D eigenvalue weighted by Crippen LogP contribution is 2.43. The zero-order valence-electron chi connectivity index (χ0n) is 13.7. The van der Waals surface area contributed by atoms with Crippen molar-refractivity contribution in [2.24, 2.45) is 0 Å². The molecule has 1 heterocycles. The number of fused-ring (bicyclic) bond motifs is 1. The number of ether oxygens (including phenoxy) is 3. The third-order valence-electron chi connectivity index (χ3n) is 3.98. The van der Waals surface area contributed by atoms with Crippen molar-refractivity contribution in [1.29, 1.82) is 0 Å². The molecule has 2 aromatic rings. The van der Waals surface area contributed by atoms with Gasteiger partial charge in [0.1, 0.15) is 22.8 Å². The third-order valence-corrected chi connectivity index (χ3v) is 3.98. The number of phenols is 3. The van der Waals surface area contributed by atoms with Crippen LogP contribution >= 0.6 is 0 Å². The lowest BCUT2D eigenvalue weighted by atomic mass is 9.92. The van der Waals surface area contributed by atoms with Crippen molar-refractivity contribution < 1.29 is 34.3 Å². The number of ketones is 1. The van der Waals surface area contributed by atoms with E-state index in [-0.39, 0.29) is 40.9 Å². The Kier molecular flexibility index (Phi) is 4.41. The molecule has 0 fully saturated rings. The van der Waals surface area contributed by atoms with Crippen molar-refractivity contribution >= 4 is 5.78 Å². The molecule has 0 amide bonds. The van der Waals surface area contributed by atoms with E-state index < -0.39 is 18.0 Å². The maximum absolute atomic E-state index is 12.8. The van der Waals surface area contributed by atoms with E-state index in [4.69, 9.17) is 14.2 Å². The predicted molar refractivity (Wildman–Crippen MR) is 87.5 cm³/mol. The smallest absolute Gasteiger partial charge is 0.203 e. The molecule has 3 rings (SSSR count). The van der Waals surface area contributed by atoms with E-state index in [0.29, 0.717) is 5.56 Å². The van der Waals surface area contributed by atoms with Gasteiger partial charge in [-0.2, -0.15) is 0 Å². The van der Waals surface area contributed by atoms with Crippen LogP contribution in [0, 0.1) is 0 Å². The number of carbonyl (C=O) groups is 1. The molecule has 2 atom stereocenters. The zero-order chi connectivity index (χ0) is 18.1. The molecule has 0 saturated heterocycles. The van der Waals surface area contributed by atoms with E-state index in [0.717, 1.165) is 6.07 Å². The van der Waals surface area contributed by atoms with Crippen LogP contribution in [0.15, 0.2) is 30.3 Å². The van der Waals surface area contributed by atoms with Gasteiger partial charge in [-0.3, -0.25) is 4.79 Å². The highest BCUT2D eigenvalue weighted by molar-refractivity contribution is 6.05. The molecule has 0 aromatic heterocycles. The normalized spacial score (nSPS) is 19.2. The number of carbonyl (C=O) groups excluding carboxylic acids is 1. The van der Waals surface area contributed by atoms with Crippen LogP contribution in [-0.4, -0.2) is 40.9 Å². The van der Waals surface area contributed by atoms with Gasteiger partial charge < -0.3 is 29.5 Å². The quantitative estimate of drug-likeness (QED) is 0.781. The van der Waals surface area contributed by atoms with Crippen LogP contribution in [0.2, 0.25) is 0 Å².